The Morgan fingerprint density at radius 3 is 2.56 bits per heavy atom. The lowest BCUT2D eigenvalue weighted by Crippen LogP contribution is -2.25. The van der Waals surface area contributed by atoms with E-state index < -0.39 is 12.6 Å². The second-order valence-corrected chi connectivity index (χ2v) is 7.56. The summed E-state index contributed by atoms with van der Waals surface area (Å²) < 4.78 is 6.93. The summed E-state index contributed by atoms with van der Waals surface area (Å²) in [5.74, 6) is -0.421. The van der Waals surface area contributed by atoms with Crippen LogP contribution in [0.25, 0.3) is 10.2 Å². The molecule has 27 heavy (non-hydrogen) atoms. The number of aromatic nitrogens is 2. The quantitative estimate of drug-likeness (QED) is 0.700. The highest BCUT2D eigenvalue weighted by atomic mass is 32.1. The van der Waals surface area contributed by atoms with Gasteiger partial charge in [0, 0.05) is 25.2 Å². The van der Waals surface area contributed by atoms with Crippen LogP contribution in [0.3, 0.4) is 0 Å². The van der Waals surface area contributed by atoms with E-state index in [4.69, 9.17) is 9.84 Å². The van der Waals surface area contributed by atoms with Gasteiger partial charge in [-0.15, -0.1) is 11.3 Å². The van der Waals surface area contributed by atoms with E-state index in [0.717, 1.165) is 15.9 Å². The predicted octanol–water partition coefficient (Wildman–Crippen LogP) is 3.50. The van der Waals surface area contributed by atoms with Crippen LogP contribution in [0.4, 0.5) is 5.69 Å². The Morgan fingerprint density at radius 2 is 1.96 bits per heavy atom. The topological polar surface area (TPSA) is 84.7 Å². The number of carbonyl (C=O) groups excluding carboxylic acids is 1. The molecule has 142 valence electrons. The molecular weight excluding hydrogens is 366 g/mol. The minimum Gasteiger partial charge on any atom is -0.482 e. The van der Waals surface area contributed by atoms with Crippen molar-refractivity contribution in [2.45, 2.75) is 19.8 Å². The van der Waals surface area contributed by atoms with Gasteiger partial charge < -0.3 is 14.7 Å². The lowest BCUT2D eigenvalue weighted by atomic mass is 10.1. The summed E-state index contributed by atoms with van der Waals surface area (Å²) in [6, 6.07) is 8.65. The van der Waals surface area contributed by atoms with Gasteiger partial charge in [-0.3, -0.25) is 9.48 Å². The first kappa shape index (κ1) is 18.9. The van der Waals surface area contributed by atoms with E-state index in [-0.39, 0.29) is 11.8 Å². The Bertz CT molecular complexity index is 988. The van der Waals surface area contributed by atoms with Crippen molar-refractivity contribution >= 4 is 39.1 Å². The SMILES string of the molecule is CC(C)c1nn(C)c2sc(C(=O)N(C)c3ccc(OCC(=O)O)cc3)cc12. The van der Waals surface area contributed by atoms with E-state index >= 15 is 0 Å². The van der Waals surface area contributed by atoms with Crippen molar-refractivity contribution in [3.8, 4) is 5.75 Å². The Labute approximate surface area is 160 Å². The highest BCUT2D eigenvalue weighted by molar-refractivity contribution is 7.20. The third kappa shape index (κ3) is 3.80. The van der Waals surface area contributed by atoms with Crippen LogP contribution in [0.15, 0.2) is 30.3 Å². The molecule has 0 fully saturated rings. The lowest BCUT2D eigenvalue weighted by Gasteiger charge is -2.16. The van der Waals surface area contributed by atoms with Gasteiger partial charge in [0.25, 0.3) is 5.91 Å². The number of aryl methyl sites for hydroxylation is 1. The van der Waals surface area contributed by atoms with Crippen LogP contribution in [-0.2, 0) is 11.8 Å². The highest BCUT2D eigenvalue weighted by Gasteiger charge is 2.21. The van der Waals surface area contributed by atoms with Crippen LogP contribution in [0, 0.1) is 0 Å². The number of ether oxygens (including phenoxy) is 1. The number of anilines is 1. The number of fused-ring (bicyclic) bond motifs is 1. The number of carboxylic acids is 1. The zero-order valence-electron chi connectivity index (χ0n) is 15.6. The maximum atomic E-state index is 12.9. The number of amides is 1. The molecule has 2 heterocycles. The first-order valence-corrected chi connectivity index (χ1v) is 9.28. The maximum absolute atomic E-state index is 12.9. The van der Waals surface area contributed by atoms with Crippen molar-refractivity contribution in [2.24, 2.45) is 7.05 Å². The largest absolute Gasteiger partial charge is 0.482 e. The molecule has 0 aliphatic rings. The van der Waals surface area contributed by atoms with Crippen LogP contribution in [-0.4, -0.2) is 40.4 Å². The third-order valence-electron chi connectivity index (χ3n) is 4.19. The summed E-state index contributed by atoms with van der Waals surface area (Å²) in [4.78, 5) is 26.6. The van der Waals surface area contributed by atoms with Gasteiger partial charge in [0.2, 0.25) is 0 Å². The van der Waals surface area contributed by atoms with Crippen molar-refractivity contribution in [1.82, 2.24) is 9.78 Å². The van der Waals surface area contributed by atoms with E-state index in [1.54, 1.807) is 36.2 Å². The molecule has 0 aliphatic heterocycles. The Morgan fingerprint density at radius 1 is 1.30 bits per heavy atom. The Kier molecular flexibility index (Phi) is 5.18. The molecule has 7 nitrogen and oxygen atoms in total. The molecule has 1 aromatic carbocycles. The summed E-state index contributed by atoms with van der Waals surface area (Å²) in [7, 11) is 3.60. The number of rotatable bonds is 6. The average Bonchev–Trinajstić information content (AvgIpc) is 3.20. The fraction of sp³-hybridized carbons (Fsp3) is 0.316. The van der Waals surface area contributed by atoms with Crippen molar-refractivity contribution in [3.63, 3.8) is 0 Å². The van der Waals surface area contributed by atoms with Gasteiger partial charge in [-0.25, -0.2) is 4.79 Å². The van der Waals surface area contributed by atoms with Crippen molar-refractivity contribution in [3.05, 3.63) is 40.9 Å². The smallest absolute Gasteiger partial charge is 0.341 e. The third-order valence-corrected chi connectivity index (χ3v) is 5.38. The van der Waals surface area contributed by atoms with Gasteiger partial charge in [-0.1, -0.05) is 13.8 Å². The Balaban J connectivity index is 1.82. The molecular formula is C19H21N3O4S. The number of thiophene rings is 1. The maximum Gasteiger partial charge on any atom is 0.341 e. The zero-order chi connectivity index (χ0) is 19.7. The first-order chi connectivity index (χ1) is 12.8. The van der Waals surface area contributed by atoms with Crippen LogP contribution in [0.2, 0.25) is 0 Å². The molecule has 3 rings (SSSR count). The summed E-state index contributed by atoms with van der Waals surface area (Å²) in [6.45, 7) is 3.77. The number of aliphatic carboxylic acids is 1. The fourth-order valence-corrected chi connectivity index (χ4v) is 3.85. The van der Waals surface area contributed by atoms with Crippen molar-refractivity contribution in [2.75, 3.05) is 18.6 Å². The van der Waals surface area contributed by atoms with Gasteiger partial charge in [0.05, 0.1) is 10.6 Å². The average molecular weight is 387 g/mol. The molecule has 0 spiro atoms. The number of hydrogen-bond acceptors (Lipinski definition) is 5. The van der Waals surface area contributed by atoms with Crippen LogP contribution < -0.4 is 9.64 Å². The molecule has 0 saturated heterocycles. The van der Waals surface area contributed by atoms with Gasteiger partial charge in [-0.2, -0.15) is 5.10 Å². The number of hydrogen-bond donors (Lipinski definition) is 1. The molecule has 0 atom stereocenters. The first-order valence-electron chi connectivity index (χ1n) is 8.47. The normalized spacial score (nSPS) is 11.1. The summed E-state index contributed by atoms with van der Waals surface area (Å²) in [5.41, 5.74) is 1.69. The molecule has 1 N–H and O–H groups in total. The van der Waals surface area contributed by atoms with Crippen LogP contribution in [0.5, 0.6) is 5.75 Å². The number of benzene rings is 1. The van der Waals surface area contributed by atoms with Gasteiger partial charge in [0.1, 0.15) is 10.6 Å². The summed E-state index contributed by atoms with van der Waals surface area (Å²) >= 11 is 1.43. The summed E-state index contributed by atoms with van der Waals surface area (Å²) in [6.07, 6.45) is 0. The number of nitrogens with zero attached hydrogens (tertiary/aromatic N) is 3. The molecule has 1 amide bonds. The predicted molar refractivity (Wildman–Crippen MR) is 105 cm³/mol. The molecule has 2 aromatic heterocycles. The van der Waals surface area contributed by atoms with E-state index in [9.17, 15) is 9.59 Å². The molecule has 0 unspecified atom stereocenters. The highest BCUT2D eigenvalue weighted by Crippen LogP contribution is 2.32. The van der Waals surface area contributed by atoms with E-state index in [2.05, 4.69) is 18.9 Å². The molecule has 0 radical (unpaired) electrons. The Hall–Kier alpha value is -2.87. The summed E-state index contributed by atoms with van der Waals surface area (Å²) in [5, 5.41) is 14.2. The molecule has 8 heteroatoms. The number of carbonyl (C=O) groups is 2. The number of carboxylic acid groups (broad SMARTS) is 1. The van der Waals surface area contributed by atoms with E-state index in [1.165, 1.54) is 11.3 Å². The molecule has 0 saturated carbocycles. The van der Waals surface area contributed by atoms with Crippen molar-refractivity contribution < 1.29 is 19.4 Å². The molecule has 0 bridgehead atoms. The zero-order valence-corrected chi connectivity index (χ0v) is 16.4. The molecule has 3 aromatic rings. The minimum absolute atomic E-state index is 0.106. The van der Waals surface area contributed by atoms with E-state index in [0.29, 0.717) is 16.3 Å². The minimum atomic E-state index is -1.04. The monoisotopic (exact) mass is 387 g/mol. The van der Waals surface area contributed by atoms with Crippen LogP contribution >= 0.6 is 11.3 Å². The fourth-order valence-electron chi connectivity index (χ4n) is 2.79. The molecule has 0 aliphatic carbocycles. The van der Waals surface area contributed by atoms with Crippen LogP contribution in [0.1, 0.15) is 35.1 Å². The second kappa shape index (κ2) is 7.40. The van der Waals surface area contributed by atoms with Crippen molar-refractivity contribution in [1.29, 1.82) is 0 Å². The van der Waals surface area contributed by atoms with E-state index in [1.807, 2.05) is 17.8 Å². The van der Waals surface area contributed by atoms with Gasteiger partial charge in [0.15, 0.2) is 6.61 Å². The lowest BCUT2D eigenvalue weighted by molar-refractivity contribution is -0.139. The standard InChI is InChI=1S/C19H21N3O4S/c1-11(2)17-14-9-15(27-19(14)22(4)20-17)18(25)21(3)12-5-7-13(8-6-12)26-10-16(23)24/h5-9,11H,10H2,1-4H3,(H,23,24). The second-order valence-electron chi connectivity index (χ2n) is 6.53. The van der Waals surface area contributed by atoms with Gasteiger partial charge in [-0.05, 0) is 36.2 Å². The van der Waals surface area contributed by atoms with Gasteiger partial charge >= 0.3 is 5.97 Å².